The Morgan fingerprint density at radius 3 is 2.29 bits per heavy atom. The highest BCUT2D eigenvalue weighted by Gasteiger charge is 2.68. The number of halogens is 1. The van der Waals surface area contributed by atoms with Crippen LogP contribution in [0.25, 0.3) is 0 Å². The number of nitrogens with zero attached hydrogens (tertiary/aromatic N) is 1. The minimum absolute atomic E-state index is 0. The fraction of sp³-hybridized carbons (Fsp3) is 0.923. The van der Waals surface area contributed by atoms with Gasteiger partial charge in [-0.3, -0.25) is 4.79 Å². The second-order valence-corrected chi connectivity index (χ2v) is 6.35. The molecule has 2 bridgehead atoms. The standard InChI is InChI=1S/C13H20N2O.ClH/c14-9-3-4-15(6-9)13(16)12-10-7-1-2-8(5-7)11(10)12;/h7-12H,1-6,14H2;1H/t7?,8?,9-,10?,11?,12?;/m0./s1. The van der Waals surface area contributed by atoms with Crippen molar-refractivity contribution in [2.45, 2.75) is 31.7 Å². The van der Waals surface area contributed by atoms with Gasteiger partial charge in [0, 0.05) is 25.0 Å². The summed E-state index contributed by atoms with van der Waals surface area (Å²) in [5, 5.41) is 0. The predicted octanol–water partition coefficient (Wildman–Crippen LogP) is 1.26. The highest BCUT2D eigenvalue weighted by atomic mass is 35.5. The molecule has 3 aliphatic carbocycles. The summed E-state index contributed by atoms with van der Waals surface area (Å²) in [6.07, 6.45) is 5.23. The molecule has 0 radical (unpaired) electrons. The second-order valence-electron chi connectivity index (χ2n) is 6.35. The SMILES string of the molecule is Cl.N[C@H]1CCN(C(=O)C2C3C4CCC(C4)C23)C1. The monoisotopic (exact) mass is 256 g/mol. The molecule has 0 spiro atoms. The van der Waals surface area contributed by atoms with E-state index < -0.39 is 0 Å². The Balaban J connectivity index is 0.000000902. The van der Waals surface area contributed by atoms with Crippen LogP contribution in [0.1, 0.15) is 25.7 Å². The highest BCUT2D eigenvalue weighted by Crippen LogP contribution is 2.69. The largest absolute Gasteiger partial charge is 0.341 e. The Labute approximate surface area is 109 Å². The molecule has 4 fully saturated rings. The summed E-state index contributed by atoms with van der Waals surface area (Å²) in [6.45, 7) is 1.72. The van der Waals surface area contributed by atoms with E-state index in [9.17, 15) is 4.79 Å². The first-order valence-corrected chi connectivity index (χ1v) is 6.80. The van der Waals surface area contributed by atoms with Crippen LogP contribution in [0, 0.1) is 29.6 Å². The van der Waals surface area contributed by atoms with E-state index in [4.69, 9.17) is 5.73 Å². The molecule has 1 saturated heterocycles. The molecule has 4 heteroatoms. The molecule has 3 nitrogen and oxygen atoms in total. The second kappa shape index (κ2) is 3.86. The Kier molecular flexibility index (Phi) is 2.67. The van der Waals surface area contributed by atoms with Crippen molar-refractivity contribution in [2.75, 3.05) is 13.1 Å². The number of nitrogens with two attached hydrogens (primary N) is 1. The third kappa shape index (κ3) is 1.55. The van der Waals surface area contributed by atoms with Crippen LogP contribution < -0.4 is 5.73 Å². The van der Waals surface area contributed by atoms with Crippen molar-refractivity contribution < 1.29 is 4.79 Å². The summed E-state index contributed by atoms with van der Waals surface area (Å²) in [5.74, 6) is 4.22. The Bertz CT molecular complexity index is 332. The van der Waals surface area contributed by atoms with Crippen molar-refractivity contribution in [3.05, 3.63) is 0 Å². The van der Waals surface area contributed by atoms with Gasteiger partial charge in [0.15, 0.2) is 0 Å². The van der Waals surface area contributed by atoms with E-state index in [2.05, 4.69) is 0 Å². The number of fused-ring (bicyclic) bond motifs is 5. The maximum Gasteiger partial charge on any atom is 0.226 e. The molecule has 1 amide bonds. The van der Waals surface area contributed by atoms with Gasteiger partial charge < -0.3 is 10.6 Å². The van der Waals surface area contributed by atoms with Crippen LogP contribution >= 0.6 is 12.4 Å². The number of rotatable bonds is 1. The lowest BCUT2D eigenvalue weighted by Gasteiger charge is -2.18. The first kappa shape index (κ1) is 11.8. The molecule has 0 aromatic rings. The molecule has 0 aromatic carbocycles. The van der Waals surface area contributed by atoms with Gasteiger partial charge in [-0.25, -0.2) is 0 Å². The molecule has 3 saturated carbocycles. The van der Waals surface area contributed by atoms with Crippen LogP contribution in [0.4, 0.5) is 0 Å². The molecular weight excluding hydrogens is 236 g/mol. The van der Waals surface area contributed by atoms with Crippen molar-refractivity contribution in [2.24, 2.45) is 35.3 Å². The smallest absolute Gasteiger partial charge is 0.226 e. The summed E-state index contributed by atoms with van der Waals surface area (Å²) in [6, 6.07) is 0.235. The van der Waals surface area contributed by atoms with E-state index in [1.54, 1.807) is 0 Å². The Morgan fingerprint density at radius 2 is 1.76 bits per heavy atom. The minimum Gasteiger partial charge on any atom is -0.341 e. The lowest BCUT2D eigenvalue weighted by molar-refractivity contribution is -0.132. The fourth-order valence-corrected chi connectivity index (χ4v) is 4.85. The van der Waals surface area contributed by atoms with Gasteiger partial charge in [-0.1, -0.05) is 0 Å². The summed E-state index contributed by atoms with van der Waals surface area (Å²) in [7, 11) is 0. The average molecular weight is 257 g/mol. The topological polar surface area (TPSA) is 46.3 Å². The third-order valence-corrected chi connectivity index (χ3v) is 5.56. The van der Waals surface area contributed by atoms with Gasteiger partial charge in [0.05, 0.1) is 0 Å². The van der Waals surface area contributed by atoms with Crippen molar-refractivity contribution in [3.63, 3.8) is 0 Å². The molecule has 1 aliphatic heterocycles. The Morgan fingerprint density at radius 1 is 1.12 bits per heavy atom. The summed E-state index contributed by atoms with van der Waals surface area (Å²) in [5.41, 5.74) is 5.87. The van der Waals surface area contributed by atoms with Crippen molar-refractivity contribution in [1.82, 2.24) is 4.90 Å². The van der Waals surface area contributed by atoms with Gasteiger partial charge >= 0.3 is 0 Å². The van der Waals surface area contributed by atoms with Gasteiger partial charge in [-0.05, 0) is 49.4 Å². The number of amides is 1. The lowest BCUT2D eigenvalue weighted by Crippen LogP contribution is -2.34. The zero-order valence-corrected chi connectivity index (χ0v) is 10.9. The molecule has 17 heavy (non-hydrogen) atoms. The molecule has 5 atom stereocenters. The summed E-state index contributed by atoms with van der Waals surface area (Å²) in [4.78, 5) is 14.4. The van der Waals surface area contributed by atoms with Crippen molar-refractivity contribution in [3.8, 4) is 0 Å². The van der Waals surface area contributed by atoms with Gasteiger partial charge in [0.2, 0.25) is 5.91 Å². The fourth-order valence-electron chi connectivity index (χ4n) is 4.85. The van der Waals surface area contributed by atoms with E-state index in [0.717, 1.165) is 43.2 Å². The van der Waals surface area contributed by atoms with Crippen LogP contribution in [0.2, 0.25) is 0 Å². The van der Waals surface area contributed by atoms with Gasteiger partial charge in [-0.15, -0.1) is 12.4 Å². The Hall–Kier alpha value is -0.280. The molecule has 96 valence electrons. The molecular formula is C13H21ClN2O. The molecule has 0 aromatic heterocycles. The highest BCUT2D eigenvalue weighted by molar-refractivity contribution is 5.85. The number of likely N-dealkylation sites (tertiary alicyclic amines) is 1. The number of carbonyl (C=O) groups is 1. The van der Waals surface area contributed by atoms with Crippen molar-refractivity contribution in [1.29, 1.82) is 0 Å². The van der Waals surface area contributed by atoms with E-state index in [-0.39, 0.29) is 18.4 Å². The molecule has 2 N–H and O–H groups in total. The van der Waals surface area contributed by atoms with Gasteiger partial charge in [-0.2, -0.15) is 0 Å². The first-order chi connectivity index (χ1) is 7.75. The summed E-state index contributed by atoms with van der Waals surface area (Å²) >= 11 is 0. The van der Waals surface area contributed by atoms with Crippen LogP contribution in [-0.2, 0) is 4.79 Å². The normalized spacial score (nSPS) is 50.1. The van der Waals surface area contributed by atoms with Gasteiger partial charge in [0.25, 0.3) is 0 Å². The van der Waals surface area contributed by atoms with E-state index in [1.807, 2.05) is 4.90 Å². The van der Waals surface area contributed by atoms with Gasteiger partial charge in [0.1, 0.15) is 0 Å². The van der Waals surface area contributed by atoms with E-state index >= 15 is 0 Å². The molecule has 4 unspecified atom stereocenters. The zero-order valence-electron chi connectivity index (χ0n) is 10.0. The first-order valence-electron chi connectivity index (χ1n) is 6.80. The van der Waals surface area contributed by atoms with Crippen LogP contribution in [0.3, 0.4) is 0 Å². The number of hydrogen-bond acceptors (Lipinski definition) is 2. The van der Waals surface area contributed by atoms with Crippen LogP contribution in [0.5, 0.6) is 0 Å². The zero-order chi connectivity index (χ0) is 10.9. The maximum atomic E-state index is 12.4. The maximum absolute atomic E-state index is 12.4. The third-order valence-electron chi connectivity index (χ3n) is 5.56. The molecule has 4 aliphatic rings. The van der Waals surface area contributed by atoms with Crippen LogP contribution in [-0.4, -0.2) is 29.9 Å². The predicted molar refractivity (Wildman–Crippen MR) is 67.7 cm³/mol. The number of carbonyl (C=O) groups excluding carboxylic acids is 1. The minimum atomic E-state index is 0. The molecule has 1 heterocycles. The quantitative estimate of drug-likeness (QED) is 0.768. The lowest BCUT2D eigenvalue weighted by atomic mass is 10.0. The molecule has 4 rings (SSSR count). The van der Waals surface area contributed by atoms with E-state index in [1.165, 1.54) is 19.3 Å². The number of hydrogen-bond donors (Lipinski definition) is 1. The average Bonchev–Trinajstić information content (AvgIpc) is 2.68. The summed E-state index contributed by atoms with van der Waals surface area (Å²) < 4.78 is 0. The van der Waals surface area contributed by atoms with E-state index in [0.29, 0.717) is 11.8 Å². The van der Waals surface area contributed by atoms with Crippen LogP contribution in [0.15, 0.2) is 0 Å². The van der Waals surface area contributed by atoms with Crippen molar-refractivity contribution >= 4 is 18.3 Å².